The van der Waals surface area contributed by atoms with Crippen molar-refractivity contribution in [1.29, 1.82) is 0 Å². The molecule has 14 heavy (non-hydrogen) atoms. The van der Waals surface area contributed by atoms with Gasteiger partial charge in [-0.15, -0.1) is 0 Å². The van der Waals surface area contributed by atoms with Crippen LogP contribution < -0.4 is 5.32 Å². The number of allylic oxidation sites excluding steroid dienone is 1. The largest absolute Gasteiger partial charge is 0.750 e. The third-order valence-corrected chi connectivity index (χ3v) is 1.89. The van der Waals surface area contributed by atoms with Crippen molar-refractivity contribution in [1.82, 2.24) is 5.32 Å². The highest BCUT2D eigenvalue weighted by Gasteiger charge is 2.19. The van der Waals surface area contributed by atoms with Crippen molar-refractivity contribution in [3.8, 4) is 0 Å². The van der Waals surface area contributed by atoms with Gasteiger partial charge in [0.1, 0.15) is 0 Å². The second kappa shape index (κ2) is 5.90. The van der Waals surface area contributed by atoms with E-state index < -0.39 is 17.0 Å². The predicted octanol–water partition coefficient (Wildman–Crippen LogP) is 0.268. The summed E-state index contributed by atoms with van der Waals surface area (Å²) < 4.78 is 25.0. The summed E-state index contributed by atoms with van der Waals surface area (Å²) in [6.45, 7) is 4.98. The highest BCUT2D eigenvalue weighted by atomic mass is 32.2. The summed E-state index contributed by atoms with van der Waals surface area (Å²) in [6.07, 6.45) is 2.94. The van der Waals surface area contributed by atoms with Crippen LogP contribution in [0.2, 0.25) is 0 Å². The van der Waals surface area contributed by atoms with Crippen molar-refractivity contribution in [2.24, 2.45) is 0 Å². The fourth-order valence-electron chi connectivity index (χ4n) is 0.724. The average molecular weight is 220 g/mol. The van der Waals surface area contributed by atoms with Crippen LogP contribution in [0.5, 0.6) is 0 Å². The molecule has 1 N–H and O–H groups in total. The second-order valence-electron chi connectivity index (χ2n) is 3.26. The number of carbonyl (C=O) groups is 1. The van der Waals surface area contributed by atoms with Crippen LogP contribution in [0.15, 0.2) is 12.2 Å². The number of nitrogens with one attached hydrogen (secondary N) is 1. The van der Waals surface area contributed by atoms with E-state index in [1.165, 1.54) is 6.08 Å². The lowest BCUT2D eigenvalue weighted by molar-refractivity contribution is -0.117. The average Bonchev–Trinajstić information content (AvgIpc) is 1.99. The Balaban J connectivity index is 3.98. The molecule has 0 aromatic heterocycles. The molecule has 0 spiro atoms. The number of carbonyl (C=O) groups excluding carboxylic acids is 1. The van der Waals surface area contributed by atoms with Crippen LogP contribution in [0.25, 0.3) is 0 Å². The Morgan fingerprint density at radius 1 is 1.64 bits per heavy atom. The molecule has 0 fully saturated rings. The van der Waals surface area contributed by atoms with Crippen molar-refractivity contribution in [2.75, 3.05) is 6.54 Å². The van der Waals surface area contributed by atoms with E-state index >= 15 is 0 Å². The molecule has 0 radical (unpaired) electrons. The molecule has 0 saturated heterocycles. The maximum absolute atomic E-state index is 11.0. The van der Waals surface area contributed by atoms with Gasteiger partial charge in [0.2, 0.25) is 5.91 Å². The van der Waals surface area contributed by atoms with Gasteiger partial charge in [-0.05, 0) is 26.8 Å². The Hall–Kier alpha value is -0.720. The molecule has 1 unspecified atom stereocenters. The quantitative estimate of drug-likeness (QED) is 0.532. The van der Waals surface area contributed by atoms with Crippen LogP contribution in [0.4, 0.5) is 0 Å². The molecule has 1 atom stereocenters. The first kappa shape index (κ1) is 13.3. The van der Waals surface area contributed by atoms with Crippen molar-refractivity contribution in [3.05, 3.63) is 12.2 Å². The Bertz CT molecular complexity index is 250. The molecule has 0 aliphatic rings. The zero-order valence-electron chi connectivity index (χ0n) is 8.40. The second-order valence-corrected chi connectivity index (χ2v) is 3.84. The van der Waals surface area contributed by atoms with Crippen LogP contribution in [-0.2, 0) is 20.3 Å². The van der Waals surface area contributed by atoms with Gasteiger partial charge in [-0.3, -0.25) is 8.98 Å². The van der Waals surface area contributed by atoms with E-state index in [4.69, 9.17) is 0 Å². The Morgan fingerprint density at radius 3 is 2.64 bits per heavy atom. The lowest BCUT2D eigenvalue weighted by Gasteiger charge is -2.25. The summed E-state index contributed by atoms with van der Waals surface area (Å²) in [5.74, 6) is -0.277. The molecule has 0 heterocycles. The first-order chi connectivity index (χ1) is 6.37. The summed E-state index contributed by atoms with van der Waals surface area (Å²) in [5.41, 5.74) is -0.927. The summed E-state index contributed by atoms with van der Waals surface area (Å²) in [7, 11) is 0. The first-order valence-electron chi connectivity index (χ1n) is 4.06. The fraction of sp³-hybridized carbons (Fsp3) is 0.625. The van der Waals surface area contributed by atoms with Crippen LogP contribution >= 0.6 is 0 Å². The van der Waals surface area contributed by atoms with Gasteiger partial charge in [-0.1, -0.05) is 6.08 Å². The van der Waals surface area contributed by atoms with Gasteiger partial charge in [-0.25, -0.2) is 4.21 Å². The summed E-state index contributed by atoms with van der Waals surface area (Å²) >= 11 is -2.57. The van der Waals surface area contributed by atoms with Crippen LogP contribution in [0.3, 0.4) is 0 Å². The molecule has 0 aliphatic heterocycles. The molecule has 0 rings (SSSR count). The highest BCUT2D eigenvalue weighted by Crippen LogP contribution is 2.08. The summed E-state index contributed by atoms with van der Waals surface area (Å²) in [6, 6.07) is 0. The van der Waals surface area contributed by atoms with Gasteiger partial charge in [-0.2, -0.15) is 0 Å². The minimum absolute atomic E-state index is 0.129. The van der Waals surface area contributed by atoms with Gasteiger partial charge in [0, 0.05) is 6.54 Å². The predicted molar refractivity (Wildman–Crippen MR) is 51.9 cm³/mol. The zero-order valence-corrected chi connectivity index (χ0v) is 9.22. The van der Waals surface area contributed by atoms with E-state index in [2.05, 4.69) is 9.50 Å². The minimum Gasteiger partial charge on any atom is -0.750 e. The third kappa shape index (κ3) is 6.76. The van der Waals surface area contributed by atoms with Gasteiger partial charge < -0.3 is 9.87 Å². The number of amides is 1. The fourth-order valence-corrected chi connectivity index (χ4v) is 1.15. The molecule has 82 valence electrons. The Labute approximate surface area is 86.0 Å². The van der Waals surface area contributed by atoms with E-state index in [9.17, 15) is 13.6 Å². The van der Waals surface area contributed by atoms with E-state index in [0.717, 1.165) is 0 Å². The molecular formula is C8H14NO4S-. The van der Waals surface area contributed by atoms with Gasteiger partial charge in [0.05, 0.1) is 17.0 Å². The third-order valence-electron chi connectivity index (χ3n) is 1.30. The molecule has 0 bridgehead atoms. The Morgan fingerprint density at radius 2 is 2.21 bits per heavy atom. The standard InChI is InChI=1S/C8H15NO4S/c1-4-5-7(10)9-6-8(2,3)13-14(11)12/h4-5H,6H2,1-3H3,(H,9,10)(H,11,12)/p-1. The van der Waals surface area contributed by atoms with Crippen LogP contribution in [0.1, 0.15) is 20.8 Å². The normalized spacial score (nSPS) is 14.3. The molecule has 0 aromatic rings. The summed E-state index contributed by atoms with van der Waals surface area (Å²) in [5, 5.41) is 2.51. The van der Waals surface area contributed by atoms with Crippen LogP contribution in [-0.4, -0.2) is 26.8 Å². The minimum atomic E-state index is -2.57. The van der Waals surface area contributed by atoms with E-state index in [1.807, 2.05) is 0 Å². The molecule has 5 nitrogen and oxygen atoms in total. The van der Waals surface area contributed by atoms with Crippen molar-refractivity contribution < 1.29 is 17.7 Å². The smallest absolute Gasteiger partial charge is 0.243 e. The van der Waals surface area contributed by atoms with Crippen molar-refractivity contribution in [3.63, 3.8) is 0 Å². The number of rotatable bonds is 5. The van der Waals surface area contributed by atoms with Crippen LogP contribution in [0, 0.1) is 0 Å². The maximum atomic E-state index is 11.0. The monoisotopic (exact) mass is 220 g/mol. The molecule has 6 heteroatoms. The molecular weight excluding hydrogens is 206 g/mol. The number of hydrogen-bond donors (Lipinski definition) is 1. The summed E-state index contributed by atoms with van der Waals surface area (Å²) in [4.78, 5) is 11.0. The van der Waals surface area contributed by atoms with Gasteiger partial charge >= 0.3 is 0 Å². The highest BCUT2D eigenvalue weighted by molar-refractivity contribution is 7.74. The maximum Gasteiger partial charge on any atom is 0.243 e. The van der Waals surface area contributed by atoms with E-state index in [-0.39, 0.29) is 12.5 Å². The van der Waals surface area contributed by atoms with Crippen molar-refractivity contribution >= 4 is 17.3 Å². The Kier molecular flexibility index (Phi) is 5.59. The molecule has 0 aromatic carbocycles. The zero-order chi connectivity index (χ0) is 11.2. The number of hydrogen-bond acceptors (Lipinski definition) is 4. The van der Waals surface area contributed by atoms with Crippen molar-refractivity contribution in [2.45, 2.75) is 26.4 Å². The molecule has 0 aliphatic carbocycles. The van der Waals surface area contributed by atoms with E-state index in [0.29, 0.717) is 0 Å². The molecule has 0 saturated carbocycles. The molecule has 1 amide bonds. The van der Waals surface area contributed by atoms with E-state index in [1.54, 1.807) is 26.8 Å². The topological polar surface area (TPSA) is 78.5 Å². The first-order valence-corrected chi connectivity index (χ1v) is 5.06. The SMILES string of the molecule is CC=CC(=O)NCC(C)(C)OS(=O)[O-]. The lowest BCUT2D eigenvalue weighted by Crippen LogP contribution is -2.40. The van der Waals surface area contributed by atoms with Gasteiger partial charge in [0.15, 0.2) is 0 Å². The van der Waals surface area contributed by atoms with Gasteiger partial charge in [0.25, 0.3) is 0 Å². The lowest BCUT2D eigenvalue weighted by atomic mass is 10.1.